The largest absolute Gasteiger partial charge is 0.292 e. The van der Waals surface area contributed by atoms with E-state index in [1.54, 1.807) is 24.3 Å². The summed E-state index contributed by atoms with van der Waals surface area (Å²) >= 11 is 1.40. The van der Waals surface area contributed by atoms with Gasteiger partial charge in [-0.05, 0) is 12.1 Å². The van der Waals surface area contributed by atoms with Gasteiger partial charge in [0.05, 0.1) is 16.3 Å². The van der Waals surface area contributed by atoms with Gasteiger partial charge in [-0.15, -0.1) is 11.3 Å². The third kappa shape index (κ3) is 2.20. The molecule has 0 aliphatic heterocycles. The number of Topliss-reactive ketones (excluding diaryl/α,β-unsaturated/α-hetero) is 1. The van der Waals surface area contributed by atoms with Gasteiger partial charge in [-0.2, -0.15) is 5.26 Å². The molecule has 1 heterocycles. The standard InChI is InChI=1S/C16H10N2OS/c17-10-12(15(19)11-6-2-1-3-7-11)16-18-13-8-4-5-9-14(13)20-16/h1-9,12H. The molecule has 1 unspecified atom stereocenters. The lowest BCUT2D eigenvalue weighted by Crippen LogP contribution is -2.10. The van der Waals surface area contributed by atoms with Crippen LogP contribution in [-0.2, 0) is 0 Å². The van der Waals surface area contributed by atoms with E-state index in [0.717, 1.165) is 10.2 Å². The molecule has 96 valence electrons. The minimum atomic E-state index is -0.838. The number of nitriles is 1. The van der Waals surface area contributed by atoms with Crippen LogP contribution in [0.3, 0.4) is 0 Å². The SMILES string of the molecule is N#CC(C(=O)c1ccccc1)c1nc2ccccc2s1. The number of aromatic nitrogens is 1. The van der Waals surface area contributed by atoms with E-state index in [1.165, 1.54) is 11.3 Å². The van der Waals surface area contributed by atoms with Gasteiger partial charge in [-0.1, -0.05) is 42.5 Å². The van der Waals surface area contributed by atoms with Crippen LogP contribution < -0.4 is 0 Å². The summed E-state index contributed by atoms with van der Waals surface area (Å²) in [6.07, 6.45) is 0. The number of hydrogen-bond donors (Lipinski definition) is 0. The van der Waals surface area contributed by atoms with Gasteiger partial charge in [0, 0.05) is 5.56 Å². The number of para-hydroxylation sites is 1. The Hall–Kier alpha value is -2.51. The summed E-state index contributed by atoms with van der Waals surface area (Å²) < 4.78 is 0.989. The van der Waals surface area contributed by atoms with Crippen molar-refractivity contribution in [3.8, 4) is 6.07 Å². The highest BCUT2D eigenvalue weighted by atomic mass is 32.1. The number of carbonyl (C=O) groups excluding carboxylic acids is 1. The van der Waals surface area contributed by atoms with Gasteiger partial charge in [0.1, 0.15) is 5.01 Å². The zero-order chi connectivity index (χ0) is 13.9. The van der Waals surface area contributed by atoms with Gasteiger partial charge in [0.25, 0.3) is 0 Å². The van der Waals surface area contributed by atoms with Crippen molar-refractivity contribution >= 4 is 27.3 Å². The van der Waals surface area contributed by atoms with Gasteiger partial charge in [0.15, 0.2) is 11.7 Å². The molecule has 0 bridgehead atoms. The van der Waals surface area contributed by atoms with Crippen LogP contribution in [0.5, 0.6) is 0 Å². The van der Waals surface area contributed by atoms with Crippen LogP contribution >= 0.6 is 11.3 Å². The summed E-state index contributed by atoms with van der Waals surface area (Å²) in [6.45, 7) is 0. The van der Waals surface area contributed by atoms with Gasteiger partial charge in [0.2, 0.25) is 0 Å². The average molecular weight is 278 g/mol. The summed E-state index contributed by atoms with van der Waals surface area (Å²) in [7, 11) is 0. The topological polar surface area (TPSA) is 53.8 Å². The number of ketones is 1. The maximum atomic E-state index is 12.4. The van der Waals surface area contributed by atoms with Gasteiger partial charge in [-0.25, -0.2) is 4.98 Å². The predicted octanol–water partition coefficient (Wildman–Crippen LogP) is 3.79. The molecule has 20 heavy (non-hydrogen) atoms. The Morgan fingerprint density at radius 1 is 1.10 bits per heavy atom. The number of carbonyl (C=O) groups is 1. The van der Waals surface area contributed by atoms with E-state index in [0.29, 0.717) is 10.6 Å². The fourth-order valence-electron chi connectivity index (χ4n) is 2.01. The van der Waals surface area contributed by atoms with Crippen LogP contribution in [-0.4, -0.2) is 10.8 Å². The third-order valence-electron chi connectivity index (χ3n) is 3.01. The first kappa shape index (κ1) is 12.5. The molecule has 3 aromatic rings. The lowest BCUT2D eigenvalue weighted by atomic mass is 9.99. The van der Waals surface area contributed by atoms with Crippen LogP contribution in [0.2, 0.25) is 0 Å². The van der Waals surface area contributed by atoms with Crippen molar-refractivity contribution in [3.05, 3.63) is 65.2 Å². The highest BCUT2D eigenvalue weighted by Gasteiger charge is 2.25. The first-order chi connectivity index (χ1) is 9.79. The fraction of sp³-hybridized carbons (Fsp3) is 0.0625. The van der Waals surface area contributed by atoms with E-state index >= 15 is 0 Å². The molecule has 0 fully saturated rings. The first-order valence-electron chi connectivity index (χ1n) is 6.14. The third-order valence-corrected chi connectivity index (χ3v) is 4.11. The van der Waals surface area contributed by atoms with Crippen LogP contribution in [0.25, 0.3) is 10.2 Å². The lowest BCUT2D eigenvalue weighted by Gasteiger charge is -2.04. The second kappa shape index (κ2) is 5.24. The molecule has 0 saturated heterocycles. The number of fused-ring (bicyclic) bond motifs is 1. The fourth-order valence-corrected chi connectivity index (χ4v) is 3.02. The molecule has 0 aliphatic carbocycles. The predicted molar refractivity (Wildman–Crippen MR) is 78.7 cm³/mol. The van der Waals surface area contributed by atoms with E-state index in [4.69, 9.17) is 0 Å². The monoisotopic (exact) mass is 278 g/mol. The summed E-state index contributed by atoms with van der Waals surface area (Å²) in [5, 5.41) is 9.89. The molecule has 0 saturated carbocycles. The minimum absolute atomic E-state index is 0.202. The number of hydrogen-bond acceptors (Lipinski definition) is 4. The van der Waals surface area contributed by atoms with Crippen molar-refractivity contribution in [3.63, 3.8) is 0 Å². The Kier molecular flexibility index (Phi) is 3.28. The van der Waals surface area contributed by atoms with Gasteiger partial charge in [-0.3, -0.25) is 4.79 Å². The first-order valence-corrected chi connectivity index (χ1v) is 6.95. The maximum Gasteiger partial charge on any atom is 0.186 e. The smallest absolute Gasteiger partial charge is 0.186 e. The summed E-state index contributed by atoms with van der Waals surface area (Å²) in [5.74, 6) is -1.04. The minimum Gasteiger partial charge on any atom is -0.292 e. The Bertz CT molecular complexity index is 769. The Morgan fingerprint density at radius 3 is 2.50 bits per heavy atom. The molecular formula is C16H10N2OS. The Balaban J connectivity index is 2.02. The molecule has 0 radical (unpaired) electrons. The summed E-state index contributed by atoms with van der Waals surface area (Å²) in [4.78, 5) is 16.8. The van der Waals surface area contributed by atoms with E-state index < -0.39 is 5.92 Å². The maximum absolute atomic E-state index is 12.4. The van der Waals surface area contributed by atoms with E-state index in [9.17, 15) is 10.1 Å². The molecule has 3 nitrogen and oxygen atoms in total. The molecule has 1 aromatic heterocycles. The normalized spacial score (nSPS) is 11.9. The lowest BCUT2D eigenvalue weighted by molar-refractivity contribution is 0.0979. The Labute approximate surface area is 120 Å². The second-order valence-electron chi connectivity index (χ2n) is 4.31. The van der Waals surface area contributed by atoms with E-state index in [1.807, 2.05) is 30.3 Å². The van der Waals surface area contributed by atoms with Crippen molar-refractivity contribution < 1.29 is 4.79 Å². The van der Waals surface area contributed by atoms with Crippen molar-refractivity contribution in [2.75, 3.05) is 0 Å². The zero-order valence-corrected chi connectivity index (χ0v) is 11.3. The number of thiazole rings is 1. The van der Waals surface area contributed by atoms with Crippen LogP contribution in [0, 0.1) is 11.3 Å². The number of rotatable bonds is 3. The zero-order valence-electron chi connectivity index (χ0n) is 10.5. The molecule has 1 atom stereocenters. The van der Waals surface area contributed by atoms with Crippen LogP contribution in [0.4, 0.5) is 0 Å². The second-order valence-corrected chi connectivity index (χ2v) is 5.37. The molecule has 0 spiro atoms. The Morgan fingerprint density at radius 2 is 1.80 bits per heavy atom. The van der Waals surface area contributed by atoms with Gasteiger partial charge < -0.3 is 0 Å². The van der Waals surface area contributed by atoms with Crippen LogP contribution in [0.15, 0.2) is 54.6 Å². The van der Waals surface area contributed by atoms with Crippen molar-refractivity contribution in [1.82, 2.24) is 4.98 Å². The molecule has 2 aromatic carbocycles. The van der Waals surface area contributed by atoms with Crippen molar-refractivity contribution in [2.45, 2.75) is 5.92 Å². The van der Waals surface area contributed by atoms with Crippen LogP contribution in [0.1, 0.15) is 21.3 Å². The molecular weight excluding hydrogens is 268 g/mol. The number of nitrogens with zero attached hydrogens (tertiary/aromatic N) is 2. The molecule has 4 heteroatoms. The van der Waals surface area contributed by atoms with Crippen molar-refractivity contribution in [2.24, 2.45) is 0 Å². The molecule has 0 amide bonds. The van der Waals surface area contributed by atoms with Gasteiger partial charge >= 0.3 is 0 Å². The highest BCUT2D eigenvalue weighted by Crippen LogP contribution is 2.29. The summed E-state index contributed by atoms with van der Waals surface area (Å²) in [6, 6.07) is 18.6. The van der Waals surface area contributed by atoms with E-state index in [-0.39, 0.29) is 5.78 Å². The van der Waals surface area contributed by atoms with Crippen molar-refractivity contribution in [1.29, 1.82) is 5.26 Å². The molecule has 0 N–H and O–H groups in total. The van der Waals surface area contributed by atoms with E-state index in [2.05, 4.69) is 11.1 Å². The summed E-state index contributed by atoms with van der Waals surface area (Å²) in [5.41, 5.74) is 1.37. The quantitative estimate of drug-likeness (QED) is 0.685. The number of benzene rings is 2. The molecule has 3 rings (SSSR count). The highest BCUT2D eigenvalue weighted by molar-refractivity contribution is 7.18. The average Bonchev–Trinajstić information content (AvgIpc) is 2.92. The molecule has 0 aliphatic rings.